The summed E-state index contributed by atoms with van der Waals surface area (Å²) in [7, 11) is 0. The van der Waals surface area contributed by atoms with Crippen molar-refractivity contribution in [2.24, 2.45) is 11.8 Å². The summed E-state index contributed by atoms with van der Waals surface area (Å²) in [5.74, 6) is 1.05. The van der Waals surface area contributed by atoms with Crippen LogP contribution in [0.2, 0.25) is 0 Å². The summed E-state index contributed by atoms with van der Waals surface area (Å²) in [5.41, 5.74) is 0.943. The third-order valence-corrected chi connectivity index (χ3v) is 6.64. The monoisotopic (exact) mass is 424 g/mol. The first-order chi connectivity index (χ1) is 14.7. The Labute approximate surface area is 179 Å². The number of aliphatic carboxylic acids is 1. The van der Waals surface area contributed by atoms with E-state index in [-0.39, 0.29) is 5.92 Å². The molecule has 0 radical (unpaired) electrons. The average Bonchev–Trinajstić information content (AvgIpc) is 3.65. The minimum Gasteiger partial charge on any atom is -0.492 e. The van der Waals surface area contributed by atoms with Gasteiger partial charge in [-0.1, -0.05) is 23.5 Å². The molecule has 30 heavy (non-hydrogen) atoms. The number of thiazole rings is 1. The first-order valence-electron chi connectivity index (χ1n) is 10.4. The summed E-state index contributed by atoms with van der Waals surface area (Å²) < 4.78 is 12.9. The Morgan fingerprint density at radius 2 is 1.90 bits per heavy atom. The molecule has 3 aromatic rings. The van der Waals surface area contributed by atoms with Crippen LogP contribution < -0.4 is 9.47 Å². The third-order valence-electron chi connectivity index (χ3n) is 5.72. The maximum Gasteiger partial charge on any atom is 0.306 e. The Bertz CT molecular complexity index is 998. The van der Waals surface area contributed by atoms with Crippen LogP contribution in [0.5, 0.6) is 16.7 Å². The van der Waals surface area contributed by atoms with E-state index < -0.39 is 5.97 Å². The Hall–Kier alpha value is -2.64. The van der Waals surface area contributed by atoms with Crippen molar-refractivity contribution in [2.75, 3.05) is 19.7 Å². The molecule has 2 aliphatic rings. The molecule has 0 aliphatic heterocycles. The fourth-order valence-electron chi connectivity index (χ4n) is 3.80. The van der Waals surface area contributed by atoms with Crippen molar-refractivity contribution in [3.8, 4) is 16.7 Å². The van der Waals surface area contributed by atoms with Gasteiger partial charge in [-0.15, -0.1) is 0 Å². The Kier molecular flexibility index (Phi) is 5.31. The molecule has 2 unspecified atom stereocenters. The van der Waals surface area contributed by atoms with Gasteiger partial charge in [0, 0.05) is 19.1 Å². The number of ether oxygens (including phenoxy) is 2. The second kappa shape index (κ2) is 8.24. The van der Waals surface area contributed by atoms with Gasteiger partial charge in [-0.05, 0) is 61.6 Å². The molecule has 2 aliphatic carbocycles. The number of benzene rings is 2. The van der Waals surface area contributed by atoms with E-state index in [9.17, 15) is 4.79 Å². The molecule has 0 saturated heterocycles. The molecule has 2 atom stereocenters. The summed E-state index contributed by atoms with van der Waals surface area (Å²) in [6, 6.07) is 16.2. The van der Waals surface area contributed by atoms with Crippen LogP contribution in [0.1, 0.15) is 19.3 Å². The molecule has 2 fully saturated rings. The van der Waals surface area contributed by atoms with Crippen LogP contribution in [0.4, 0.5) is 0 Å². The normalized spacial score (nSPS) is 20.4. The molecule has 0 bridgehead atoms. The van der Waals surface area contributed by atoms with Gasteiger partial charge < -0.3 is 14.6 Å². The van der Waals surface area contributed by atoms with Crippen molar-refractivity contribution in [2.45, 2.75) is 25.3 Å². The van der Waals surface area contributed by atoms with Gasteiger partial charge in [-0.3, -0.25) is 9.69 Å². The lowest BCUT2D eigenvalue weighted by molar-refractivity contribution is -0.138. The minimum absolute atomic E-state index is 0.143. The molecule has 5 rings (SSSR count). The Morgan fingerprint density at radius 3 is 2.60 bits per heavy atom. The lowest BCUT2D eigenvalue weighted by atomic mass is 10.3. The summed E-state index contributed by atoms with van der Waals surface area (Å²) in [4.78, 5) is 18.0. The quantitative estimate of drug-likeness (QED) is 0.511. The van der Waals surface area contributed by atoms with Gasteiger partial charge in [0.2, 0.25) is 0 Å². The van der Waals surface area contributed by atoms with Gasteiger partial charge >= 0.3 is 5.97 Å². The van der Waals surface area contributed by atoms with Gasteiger partial charge in [-0.2, -0.15) is 0 Å². The second-order valence-electron chi connectivity index (χ2n) is 8.04. The van der Waals surface area contributed by atoms with Crippen molar-refractivity contribution >= 4 is 27.5 Å². The van der Waals surface area contributed by atoms with Crippen LogP contribution in [0.3, 0.4) is 0 Å². The van der Waals surface area contributed by atoms with E-state index in [1.807, 2.05) is 48.5 Å². The summed E-state index contributed by atoms with van der Waals surface area (Å²) in [6.07, 6.45) is 3.24. The van der Waals surface area contributed by atoms with Crippen LogP contribution in [-0.4, -0.2) is 46.7 Å². The number of fused-ring (bicyclic) bond motifs is 1. The molecule has 7 heteroatoms. The van der Waals surface area contributed by atoms with E-state index in [2.05, 4.69) is 9.88 Å². The first-order valence-corrected chi connectivity index (χ1v) is 11.2. The van der Waals surface area contributed by atoms with E-state index >= 15 is 0 Å². The highest BCUT2D eigenvalue weighted by atomic mass is 32.1. The van der Waals surface area contributed by atoms with Gasteiger partial charge in [0.15, 0.2) is 0 Å². The number of para-hydroxylation sites is 1. The molecule has 0 amide bonds. The molecule has 2 aromatic carbocycles. The SMILES string of the molecule is O=C(O)C1CC1CN(CCOc1ccc(Oc2nc3ccccc3s2)cc1)C1CC1. The number of hydrogen-bond acceptors (Lipinski definition) is 6. The van der Waals surface area contributed by atoms with Gasteiger partial charge in [0.05, 0.1) is 16.1 Å². The smallest absolute Gasteiger partial charge is 0.306 e. The largest absolute Gasteiger partial charge is 0.492 e. The van der Waals surface area contributed by atoms with Gasteiger partial charge in [0.25, 0.3) is 5.19 Å². The van der Waals surface area contributed by atoms with Crippen molar-refractivity contribution < 1.29 is 19.4 Å². The summed E-state index contributed by atoms with van der Waals surface area (Å²) >= 11 is 1.53. The topological polar surface area (TPSA) is 71.9 Å². The number of hydrogen-bond donors (Lipinski definition) is 1. The maximum atomic E-state index is 11.1. The first kappa shape index (κ1) is 19.3. The molecule has 0 spiro atoms. The number of carboxylic acids is 1. The van der Waals surface area contributed by atoms with E-state index in [1.165, 1.54) is 24.2 Å². The van der Waals surface area contributed by atoms with Gasteiger partial charge in [0.1, 0.15) is 18.1 Å². The zero-order valence-electron chi connectivity index (χ0n) is 16.6. The molecule has 1 N–H and O–H groups in total. The predicted octanol–water partition coefficient (Wildman–Crippen LogP) is 4.65. The predicted molar refractivity (Wildman–Crippen MR) is 115 cm³/mol. The van der Waals surface area contributed by atoms with Crippen LogP contribution in [0, 0.1) is 11.8 Å². The highest BCUT2D eigenvalue weighted by Crippen LogP contribution is 2.41. The van der Waals surface area contributed by atoms with Crippen molar-refractivity contribution in [3.05, 3.63) is 48.5 Å². The molecule has 6 nitrogen and oxygen atoms in total. The molecule has 2 saturated carbocycles. The van der Waals surface area contributed by atoms with Gasteiger partial charge in [-0.25, -0.2) is 4.98 Å². The average molecular weight is 425 g/mol. The van der Waals surface area contributed by atoms with E-state index in [1.54, 1.807) is 0 Å². The summed E-state index contributed by atoms with van der Waals surface area (Å²) in [6.45, 7) is 2.30. The Balaban J connectivity index is 1.11. The molecular weight excluding hydrogens is 400 g/mol. The zero-order valence-corrected chi connectivity index (χ0v) is 17.4. The van der Waals surface area contributed by atoms with Crippen molar-refractivity contribution in [1.82, 2.24) is 9.88 Å². The summed E-state index contributed by atoms with van der Waals surface area (Å²) in [5, 5.41) is 9.74. The second-order valence-corrected chi connectivity index (χ2v) is 9.03. The number of nitrogens with zero attached hydrogens (tertiary/aromatic N) is 2. The Morgan fingerprint density at radius 1 is 1.13 bits per heavy atom. The number of rotatable bonds is 10. The molecule has 1 heterocycles. The fourth-order valence-corrected chi connectivity index (χ4v) is 4.63. The van der Waals surface area contributed by atoms with Crippen LogP contribution >= 0.6 is 11.3 Å². The van der Waals surface area contributed by atoms with Crippen LogP contribution in [0.25, 0.3) is 10.2 Å². The third kappa shape index (κ3) is 4.57. The molecule has 1 aromatic heterocycles. The number of carbonyl (C=O) groups is 1. The standard InChI is InChI=1S/C23H24N2O4S/c26-22(27)19-13-15(19)14-25(16-5-6-16)11-12-28-17-7-9-18(10-8-17)29-23-24-20-3-1-2-4-21(20)30-23/h1-4,7-10,15-16,19H,5-6,11-14H2,(H,26,27). The van der Waals surface area contributed by atoms with E-state index in [0.29, 0.717) is 23.8 Å². The van der Waals surface area contributed by atoms with Crippen LogP contribution in [0.15, 0.2) is 48.5 Å². The fraction of sp³-hybridized carbons (Fsp3) is 0.391. The van der Waals surface area contributed by atoms with Crippen LogP contribution in [-0.2, 0) is 4.79 Å². The minimum atomic E-state index is -0.653. The highest BCUT2D eigenvalue weighted by Gasteiger charge is 2.45. The maximum absolute atomic E-state index is 11.1. The number of aromatic nitrogens is 1. The van der Waals surface area contributed by atoms with Crippen molar-refractivity contribution in [1.29, 1.82) is 0 Å². The molecular formula is C23H24N2O4S. The van der Waals surface area contributed by atoms with E-state index in [4.69, 9.17) is 14.6 Å². The van der Waals surface area contributed by atoms with Crippen molar-refractivity contribution in [3.63, 3.8) is 0 Å². The lowest BCUT2D eigenvalue weighted by Crippen LogP contribution is -2.33. The lowest BCUT2D eigenvalue weighted by Gasteiger charge is -2.22. The zero-order chi connectivity index (χ0) is 20.5. The highest BCUT2D eigenvalue weighted by molar-refractivity contribution is 7.20. The number of carboxylic acid groups (broad SMARTS) is 1. The van der Waals surface area contributed by atoms with E-state index in [0.717, 1.165) is 41.2 Å². The molecule has 156 valence electrons.